The molecule has 0 spiro atoms. The number of amides is 4. The largest absolute Gasteiger partial charge is 0.504 e. The van der Waals surface area contributed by atoms with Crippen molar-refractivity contribution in [2.75, 3.05) is 67.2 Å². The fourth-order valence-electron chi connectivity index (χ4n) is 14.1. The van der Waals surface area contributed by atoms with E-state index in [4.69, 9.17) is 32.8 Å². The molecule has 1 N–H and O–H groups in total. The number of alkyl halides is 3. The quantitative estimate of drug-likeness (QED) is 0.0291. The fourth-order valence-corrected chi connectivity index (χ4v) is 16.1. The lowest BCUT2D eigenvalue weighted by Gasteiger charge is -2.21. The maximum Gasteiger partial charge on any atom is 0.416 e. The van der Waals surface area contributed by atoms with Gasteiger partial charge in [0.25, 0.3) is 23.6 Å². The first-order valence-electron chi connectivity index (χ1n) is 38.8. The van der Waals surface area contributed by atoms with Crippen molar-refractivity contribution < 1.29 is 108 Å². The van der Waals surface area contributed by atoms with E-state index in [1.165, 1.54) is 179 Å². The number of halogens is 5. The average molecular weight is 1800 g/mol. The van der Waals surface area contributed by atoms with Gasteiger partial charge in [0, 0.05) is 71.4 Å². The van der Waals surface area contributed by atoms with Crippen LogP contribution in [0.5, 0.6) is 11.5 Å². The van der Waals surface area contributed by atoms with Crippen molar-refractivity contribution in [3.05, 3.63) is 350 Å². The first-order valence-corrected chi connectivity index (χ1v) is 41.5. The van der Waals surface area contributed by atoms with Gasteiger partial charge >= 0.3 is 36.0 Å². The number of carbonyl (C=O) groups excluding carboxylic acids is 10. The number of aromatic hydroxyl groups is 1. The SMILES string of the molecule is COC(=O)C1=C(C)N(c2ccc(C(C)C)cc2)C(=O)/C1=C\c1ccco1.COC(=O)C1=C(C)N(c2ccc(F)cc2)C(=O)/C1=C\c1cccs1.COC(=O)C1=C(C)N(c2cccc(C(F)(F)F)c2)C(=O)/C1=C\c1cccs1.COC(=O)C1=C(C)N(c2ccccc2)/C(=C/c2cccs2)C1=O.COC(=O)C1=C(C)N(c2ccccc2F)C(=O)/C1=C\c1cccc(OC)c1O. The molecule has 656 valence electrons. The van der Waals surface area contributed by atoms with Crippen LogP contribution in [0.4, 0.5) is 50.4 Å². The Morgan fingerprint density at radius 1 is 0.414 bits per heavy atom. The number of Topliss-reactive ketones (excluding diaryl/α,β-unsaturated/α-hetero) is 1. The van der Waals surface area contributed by atoms with E-state index in [0.29, 0.717) is 45.8 Å². The number of allylic oxidation sites excluding steroid dienone is 6. The molecule has 5 aliphatic rings. The lowest BCUT2D eigenvalue weighted by molar-refractivity contribution is -0.138. The summed E-state index contributed by atoms with van der Waals surface area (Å²) in [4.78, 5) is 135. The maximum absolute atomic E-state index is 14.3. The number of rotatable bonds is 17. The van der Waals surface area contributed by atoms with Gasteiger partial charge in [-0.1, -0.05) is 92.7 Å². The fraction of sp³-hybridized carbons (Fsp3) is 0.155. The summed E-state index contributed by atoms with van der Waals surface area (Å²) in [6.07, 6.45) is 4.92. The number of esters is 5. The smallest absolute Gasteiger partial charge is 0.416 e. The normalized spacial score (nSPS) is 16.1. The number of anilines is 5. The zero-order chi connectivity index (χ0) is 92.7. The molecule has 0 saturated carbocycles. The van der Waals surface area contributed by atoms with E-state index < -0.39 is 65.0 Å². The summed E-state index contributed by atoms with van der Waals surface area (Å²) in [6.45, 7) is 12.4. The van der Waals surface area contributed by atoms with Gasteiger partial charge in [-0.15, -0.1) is 34.0 Å². The van der Waals surface area contributed by atoms with E-state index in [0.717, 1.165) is 42.3 Å². The van der Waals surface area contributed by atoms with Gasteiger partial charge in [-0.2, -0.15) is 13.2 Å². The monoisotopic (exact) mass is 1800 g/mol. The number of ketones is 1. The van der Waals surface area contributed by atoms with Crippen molar-refractivity contribution in [2.45, 2.75) is 60.6 Å². The number of thiophene rings is 3. The summed E-state index contributed by atoms with van der Waals surface area (Å²) in [6, 6.07) is 52.3. The van der Waals surface area contributed by atoms with Crippen LogP contribution in [0.3, 0.4) is 0 Å². The van der Waals surface area contributed by atoms with E-state index in [2.05, 4.69) is 13.8 Å². The van der Waals surface area contributed by atoms with Crippen molar-refractivity contribution in [3.63, 3.8) is 0 Å². The molecule has 0 bridgehead atoms. The predicted octanol–water partition coefficient (Wildman–Crippen LogP) is 19.7. The Morgan fingerprint density at radius 3 is 1.27 bits per heavy atom. The Labute approximate surface area is 744 Å². The van der Waals surface area contributed by atoms with E-state index in [1.54, 1.807) is 92.4 Å². The van der Waals surface area contributed by atoms with Crippen molar-refractivity contribution >= 4 is 152 Å². The minimum Gasteiger partial charge on any atom is -0.504 e. The van der Waals surface area contributed by atoms with Crippen molar-refractivity contribution in [2.24, 2.45) is 0 Å². The highest BCUT2D eigenvalue weighted by Crippen LogP contribution is 2.44. The van der Waals surface area contributed by atoms with Crippen LogP contribution in [-0.2, 0) is 77.8 Å². The highest BCUT2D eigenvalue weighted by atomic mass is 32.1. The molecular formula is C97H82F5N5O18S3. The summed E-state index contributed by atoms with van der Waals surface area (Å²) in [5.41, 5.74) is 6.33. The molecule has 0 aliphatic carbocycles. The molecule has 6 aromatic carbocycles. The van der Waals surface area contributed by atoms with Crippen molar-refractivity contribution in [1.29, 1.82) is 0 Å². The van der Waals surface area contributed by atoms with E-state index >= 15 is 0 Å². The molecule has 9 heterocycles. The van der Waals surface area contributed by atoms with Crippen molar-refractivity contribution in [3.8, 4) is 11.5 Å². The van der Waals surface area contributed by atoms with Gasteiger partial charge in [-0.25, -0.2) is 32.8 Å². The third kappa shape index (κ3) is 20.2. The second kappa shape index (κ2) is 41.2. The standard InChI is InChI=1S/C21H18FNO5.C21H21NO4.C19H14F3NO3S.C18H14FNO3S.C18H15NO3S/c1-12-18(21(26)28-3)14(11-13-7-6-10-17(27-2)19(13)24)20(25)23(12)16-9-5-4-8-15(16)22;1-13(2)15-7-9-16(10-8-15)22-14(3)19(21(24)25-4)18(20(22)23)12-17-6-5-11-26-17;1-11-16(18(25)26-2)15(10-14-7-4-8-27-14)17(24)23(11)13-6-3-5-12(9-13)19(20,21)22;1-11-16(18(22)23-2)15(10-14-4-3-9-24-14)17(21)20(11)13-7-5-12(19)6-8-13;1-12-16(18(21)22-2)17(20)15(11-14-9-6-10-23-14)19(12)13-7-4-3-5-8-13/h4-11,24H,1-3H3;5-13H,1-4H3;3-10H,1-2H3;3-10H,1-2H3;3-11H,1-2H3/b14-11-;18-12-;2*15-10-;15-11+. The topological polar surface area (TPSA) is 276 Å². The molecule has 31 heteroatoms. The molecule has 128 heavy (non-hydrogen) atoms. The van der Waals surface area contributed by atoms with Gasteiger partial charge < -0.3 is 42.8 Å². The Morgan fingerprint density at radius 2 is 0.820 bits per heavy atom. The van der Waals surface area contributed by atoms with Crippen LogP contribution in [0.1, 0.15) is 91.5 Å². The number of methoxy groups -OCH3 is 6. The number of nitrogens with zero attached hydrogens (tertiary/aromatic N) is 5. The maximum atomic E-state index is 14.3. The molecule has 0 radical (unpaired) electrons. The third-order valence-corrected chi connectivity index (χ3v) is 22.7. The molecular weight excluding hydrogens is 1710 g/mol. The number of hydrogen-bond acceptors (Lipinski definition) is 22. The van der Waals surface area contributed by atoms with Gasteiger partial charge in [0.05, 0.1) is 110 Å². The summed E-state index contributed by atoms with van der Waals surface area (Å²) in [5, 5.41) is 16.0. The number of hydrogen-bond donors (Lipinski definition) is 1. The lowest BCUT2D eigenvalue weighted by Crippen LogP contribution is -2.25. The number of benzene rings is 6. The molecule has 4 amide bonds. The van der Waals surface area contributed by atoms with Crippen LogP contribution in [0.25, 0.3) is 30.4 Å². The predicted molar refractivity (Wildman–Crippen MR) is 478 cm³/mol. The summed E-state index contributed by atoms with van der Waals surface area (Å²) in [7, 11) is 7.64. The van der Waals surface area contributed by atoms with Crippen molar-refractivity contribution in [1.82, 2.24) is 0 Å². The second-order valence-electron chi connectivity index (χ2n) is 28.3. The zero-order valence-electron chi connectivity index (χ0n) is 71.0. The van der Waals surface area contributed by atoms with E-state index in [1.807, 2.05) is 95.0 Å². The number of furan rings is 1. The molecule has 0 unspecified atom stereocenters. The van der Waals surface area contributed by atoms with Gasteiger partial charge in [0.15, 0.2) is 11.5 Å². The molecule has 0 saturated heterocycles. The highest BCUT2D eigenvalue weighted by Gasteiger charge is 2.44. The highest BCUT2D eigenvalue weighted by molar-refractivity contribution is 7.11. The minimum atomic E-state index is -4.54. The Bertz CT molecular complexity index is 6300. The number of phenols is 1. The first kappa shape index (κ1) is 93.7. The zero-order valence-corrected chi connectivity index (χ0v) is 73.4. The van der Waals surface area contributed by atoms with Gasteiger partial charge in [0.1, 0.15) is 23.0 Å². The molecule has 10 aromatic rings. The van der Waals surface area contributed by atoms with Crippen LogP contribution in [-0.4, -0.2) is 107 Å². The first-order chi connectivity index (χ1) is 61.2. The molecule has 0 fully saturated rings. The Balaban J connectivity index is 0.000000155. The van der Waals surface area contributed by atoms with Crippen LogP contribution < -0.4 is 29.2 Å². The number of carbonyl (C=O) groups is 10. The summed E-state index contributed by atoms with van der Waals surface area (Å²) >= 11 is 4.36. The Kier molecular flexibility index (Phi) is 30.2. The number of phenolic OH excluding ortho intramolecular Hbond substituents is 1. The summed E-state index contributed by atoms with van der Waals surface area (Å²) in [5.74, 6) is -5.39. The van der Waals surface area contributed by atoms with Crippen LogP contribution in [0.15, 0.2) is 305 Å². The molecule has 23 nitrogen and oxygen atoms in total. The lowest BCUT2D eigenvalue weighted by atomic mass is 10.0. The van der Waals surface area contributed by atoms with Gasteiger partial charge in [-0.05, 0) is 208 Å². The number of ether oxygens (including phenoxy) is 6. The van der Waals surface area contributed by atoms with Gasteiger partial charge in [0.2, 0.25) is 5.78 Å². The van der Waals surface area contributed by atoms with E-state index in [-0.39, 0.29) is 108 Å². The second-order valence-corrected chi connectivity index (χ2v) is 31.2. The molecule has 15 rings (SSSR count). The summed E-state index contributed by atoms with van der Waals surface area (Å²) < 4.78 is 101. The van der Waals surface area contributed by atoms with Crippen LogP contribution in [0.2, 0.25) is 0 Å². The van der Waals surface area contributed by atoms with Crippen LogP contribution >= 0.6 is 34.0 Å². The third-order valence-electron chi connectivity index (χ3n) is 20.2. The van der Waals surface area contributed by atoms with Gasteiger partial charge in [-0.3, -0.25) is 43.6 Å². The Hall–Kier alpha value is -15.0. The molecule has 0 atom stereocenters. The number of para-hydroxylation sites is 3. The minimum absolute atomic E-state index is 0.00188. The van der Waals surface area contributed by atoms with Crippen LogP contribution in [0, 0.1) is 11.6 Å². The van der Waals surface area contributed by atoms with E-state index in [9.17, 15) is 75.0 Å². The molecule has 5 aliphatic heterocycles. The average Bonchev–Trinajstić information content (AvgIpc) is 1.63. The molecule has 4 aromatic heterocycles.